The predicted molar refractivity (Wildman–Crippen MR) is 77.1 cm³/mol. The second-order valence-electron chi connectivity index (χ2n) is 3.71. The maximum absolute atomic E-state index is 11.6. The van der Waals surface area contributed by atoms with Crippen molar-refractivity contribution in [3.05, 3.63) is 72.5 Å². The fourth-order valence-corrected chi connectivity index (χ4v) is 1.36. The van der Waals surface area contributed by atoms with Gasteiger partial charge in [0, 0.05) is 24.2 Å². The van der Waals surface area contributed by atoms with Gasteiger partial charge in [-0.15, -0.1) is 0 Å². The van der Waals surface area contributed by atoms with E-state index in [4.69, 9.17) is 4.42 Å². The summed E-state index contributed by atoms with van der Waals surface area (Å²) in [6, 6.07) is 6.91. The molecule has 0 aliphatic carbocycles. The van der Waals surface area contributed by atoms with Crippen molar-refractivity contribution in [3.63, 3.8) is 0 Å². The summed E-state index contributed by atoms with van der Waals surface area (Å²) in [5.41, 5.74) is 2.93. The quantitative estimate of drug-likeness (QED) is 0.514. The zero-order chi connectivity index (χ0) is 14.0. The Labute approximate surface area is 116 Å². The van der Waals surface area contributed by atoms with Crippen LogP contribution in [0.3, 0.4) is 0 Å². The zero-order valence-corrected chi connectivity index (χ0v) is 10.6. The lowest BCUT2D eigenvalue weighted by Gasteiger charge is -1.96. The average molecular weight is 267 g/mol. The van der Waals surface area contributed by atoms with E-state index < -0.39 is 0 Å². The van der Waals surface area contributed by atoms with Gasteiger partial charge in [-0.1, -0.05) is 12.2 Å². The molecule has 0 saturated heterocycles. The van der Waals surface area contributed by atoms with Crippen molar-refractivity contribution in [1.29, 1.82) is 0 Å². The Hall–Kier alpha value is -2.95. The highest BCUT2D eigenvalue weighted by Gasteiger charge is 2.00. The fraction of sp³-hybridized carbons (Fsp3) is 0. The molecule has 2 aromatic heterocycles. The van der Waals surface area contributed by atoms with E-state index in [2.05, 4.69) is 15.5 Å². The number of aromatic nitrogens is 1. The molecule has 0 unspecified atom stereocenters. The Balaban J connectivity index is 1.75. The van der Waals surface area contributed by atoms with Gasteiger partial charge in [0.2, 0.25) is 0 Å². The van der Waals surface area contributed by atoms with Gasteiger partial charge in [-0.05, 0) is 36.4 Å². The fourth-order valence-electron chi connectivity index (χ4n) is 1.36. The Morgan fingerprint density at radius 3 is 2.80 bits per heavy atom. The van der Waals surface area contributed by atoms with Crippen molar-refractivity contribution in [1.82, 2.24) is 10.4 Å². The number of amides is 1. The summed E-state index contributed by atoms with van der Waals surface area (Å²) in [6.45, 7) is 0. The summed E-state index contributed by atoms with van der Waals surface area (Å²) in [5.74, 6) is 0.501. The molecule has 0 bridgehead atoms. The highest BCUT2D eigenvalue weighted by molar-refractivity contribution is 5.94. The minimum atomic E-state index is -0.275. The molecule has 1 N–H and O–H groups in total. The lowest BCUT2D eigenvalue weighted by molar-refractivity contribution is 0.0955. The van der Waals surface area contributed by atoms with Crippen LogP contribution in [0, 0.1) is 0 Å². The number of carbonyl (C=O) groups excluding carboxylic acids is 1. The number of hydrogen-bond donors (Lipinski definition) is 1. The Kier molecular flexibility index (Phi) is 5.04. The first-order chi connectivity index (χ1) is 9.86. The molecule has 1 amide bonds. The number of hydrogen-bond acceptors (Lipinski definition) is 4. The van der Waals surface area contributed by atoms with E-state index in [0.29, 0.717) is 5.56 Å². The van der Waals surface area contributed by atoms with Gasteiger partial charge in [0.05, 0.1) is 6.26 Å². The van der Waals surface area contributed by atoms with E-state index in [1.165, 1.54) is 6.21 Å². The molecule has 2 aromatic rings. The number of nitrogens with zero attached hydrogens (tertiary/aromatic N) is 2. The standard InChI is InChI=1S/C15H13N3O2/c19-15(13-7-10-16-11-8-13)18-17-9-3-1-2-5-14-6-4-12-20-14/h1-12H,(H,18,19). The third-order valence-electron chi connectivity index (χ3n) is 2.30. The van der Waals surface area contributed by atoms with Crippen LogP contribution >= 0.6 is 0 Å². The van der Waals surface area contributed by atoms with Crippen molar-refractivity contribution in [2.75, 3.05) is 0 Å². The van der Waals surface area contributed by atoms with E-state index in [1.807, 2.05) is 24.3 Å². The summed E-state index contributed by atoms with van der Waals surface area (Å²) in [7, 11) is 0. The van der Waals surface area contributed by atoms with Crippen LogP contribution in [-0.4, -0.2) is 17.1 Å². The second-order valence-corrected chi connectivity index (χ2v) is 3.71. The number of nitrogens with one attached hydrogen (secondary N) is 1. The molecule has 0 fully saturated rings. The van der Waals surface area contributed by atoms with Crippen LogP contribution in [0.15, 0.2) is 70.7 Å². The molecular weight excluding hydrogens is 254 g/mol. The van der Waals surface area contributed by atoms with Gasteiger partial charge < -0.3 is 4.42 Å². The Morgan fingerprint density at radius 1 is 1.20 bits per heavy atom. The van der Waals surface area contributed by atoms with Gasteiger partial charge in [-0.3, -0.25) is 9.78 Å². The van der Waals surface area contributed by atoms with Gasteiger partial charge in [0.1, 0.15) is 5.76 Å². The largest absolute Gasteiger partial charge is 0.465 e. The number of rotatable bonds is 5. The summed E-state index contributed by atoms with van der Waals surface area (Å²) in [5, 5.41) is 3.79. The molecule has 0 aromatic carbocycles. The van der Waals surface area contributed by atoms with Gasteiger partial charge in [0.25, 0.3) is 5.91 Å². The van der Waals surface area contributed by atoms with Crippen LogP contribution in [-0.2, 0) is 0 Å². The number of allylic oxidation sites excluding steroid dienone is 3. The van der Waals surface area contributed by atoms with Crippen molar-refractivity contribution in [2.45, 2.75) is 0 Å². The first-order valence-corrected chi connectivity index (χ1v) is 5.96. The first-order valence-electron chi connectivity index (χ1n) is 5.96. The lowest BCUT2D eigenvalue weighted by atomic mass is 10.3. The molecule has 0 atom stereocenters. The normalized spacial score (nSPS) is 11.6. The van der Waals surface area contributed by atoms with Crippen LogP contribution < -0.4 is 5.43 Å². The van der Waals surface area contributed by atoms with Gasteiger partial charge in [-0.25, -0.2) is 5.43 Å². The van der Waals surface area contributed by atoms with E-state index in [1.54, 1.807) is 42.9 Å². The number of pyridine rings is 1. The number of hydrazone groups is 1. The molecule has 100 valence electrons. The van der Waals surface area contributed by atoms with Crippen LogP contribution in [0.25, 0.3) is 6.08 Å². The number of furan rings is 1. The molecule has 0 spiro atoms. The summed E-state index contributed by atoms with van der Waals surface area (Å²) >= 11 is 0. The molecule has 2 rings (SSSR count). The molecule has 0 aliphatic heterocycles. The van der Waals surface area contributed by atoms with Crippen LogP contribution in [0.4, 0.5) is 0 Å². The predicted octanol–water partition coefficient (Wildman–Crippen LogP) is 2.66. The van der Waals surface area contributed by atoms with Gasteiger partial charge in [0.15, 0.2) is 0 Å². The highest BCUT2D eigenvalue weighted by atomic mass is 16.3. The topological polar surface area (TPSA) is 67.5 Å². The van der Waals surface area contributed by atoms with Crippen molar-refractivity contribution < 1.29 is 9.21 Å². The first kappa shape index (κ1) is 13.5. The molecule has 5 nitrogen and oxygen atoms in total. The summed E-state index contributed by atoms with van der Waals surface area (Å²) in [4.78, 5) is 15.4. The van der Waals surface area contributed by atoms with Gasteiger partial charge >= 0.3 is 0 Å². The van der Waals surface area contributed by atoms with E-state index in [9.17, 15) is 4.79 Å². The van der Waals surface area contributed by atoms with E-state index in [-0.39, 0.29) is 5.91 Å². The zero-order valence-electron chi connectivity index (χ0n) is 10.6. The summed E-state index contributed by atoms with van der Waals surface area (Å²) < 4.78 is 5.13. The highest BCUT2D eigenvalue weighted by Crippen LogP contribution is 2.01. The minimum absolute atomic E-state index is 0.275. The third kappa shape index (κ3) is 4.38. The minimum Gasteiger partial charge on any atom is -0.465 e. The average Bonchev–Trinajstić information content (AvgIpc) is 3.00. The molecular formula is C15H13N3O2. The SMILES string of the molecule is O=C(NN=CC=CC=Cc1ccco1)c1ccncc1. The third-order valence-corrected chi connectivity index (χ3v) is 2.30. The van der Waals surface area contributed by atoms with Crippen molar-refractivity contribution in [2.24, 2.45) is 5.10 Å². The monoisotopic (exact) mass is 267 g/mol. The number of carbonyl (C=O) groups is 1. The molecule has 20 heavy (non-hydrogen) atoms. The Bertz CT molecular complexity index is 614. The maximum Gasteiger partial charge on any atom is 0.271 e. The van der Waals surface area contributed by atoms with Crippen molar-refractivity contribution in [3.8, 4) is 0 Å². The van der Waals surface area contributed by atoms with Gasteiger partial charge in [-0.2, -0.15) is 5.10 Å². The van der Waals surface area contributed by atoms with Crippen LogP contribution in [0.2, 0.25) is 0 Å². The molecule has 5 heteroatoms. The summed E-state index contributed by atoms with van der Waals surface area (Å²) in [6.07, 6.45) is 13.3. The molecule has 2 heterocycles. The van der Waals surface area contributed by atoms with Crippen LogP contribution in [0.5, 0.6) is 0 Å². The maximum atomic E-state index is 11.6. The molecule has 0 aliphatic rings. The smallest absolute Gasteiger partial charge is 0.271 e. The molecule has 0 radical (unpaired) electrons. The second kappa shape index (κ2) is 7.48. The van der Waals surface area contributed by atoms with Crippen LogP contribution in [0.1, 0.15) is 16.1 Å². The lowest BCUT2D eigenvalue weighted by Crippen LogP contribution is -2.17. The Morgan fingerprint density at radius 2 is 2.05 bits per heavy atom. The molecule has 0 saturated carbocycles. The van der Waals surface area contributed by atoms with Crippen molar-refractivity contribution >= 4 is 18.2 Å². The van der Waals surface area contributed by atoms with E-state index in [0.717, 1.165) is 5.76 Å². The van der Waals surface area contributed by atoms with E-state index >= 15 is 0 Å².